The molecule has 4 bridgehead atoms. The van der Waals surface area contributed by atoms with Gasteiger partial charge in [-0.25, -0.2) is 9.59 Å². The number of aryl methyl sites for hydroxylation is 1. The molecule has 1 heterocycles. The molecule has 4 aliphatic carbocycles. The van der Waals surface area contributed by atoms with Gasteiger partial charge in [0, 0.05) is 54.8 Å². The molecule has 2 atom stereocenters. The molecule has 2 unspecified atom stereocenters. The maximum atomic E-state index is 13.9. The van der Waals surface area contributed by atoms with Crippen molar-refractivity contribution in [3.63, 3.8) is 0 Å². The van der Waals surface area contributed by atoms with Crippen LogP contribution in [-0.2, 0) is 25.5 Å². The molecule has 284 valence electrons. The SMILES string of the molecule is Cc1ccccc1NC(=O)NCCCCC(CNC(=O)C(Cc1c[nH]c2ccccc12)NC(=O)OC1C2CC3CC(C2)CC1C3)NC(=O)CCC(=O)O. The number of carboxylic acids is 1. The number of anilines is 1. The van der Waals surface area contributed by atoms with E-state index < -0.39 is 36.0 Å². The Kier molecular flexibility index (Phi) is 12.5. The minimum atomic E-state index is -1.08. The number of hydrogen-bond acceptors (Lipinski definition) is 6. The fourth-order valence-electron chi connectivity index (χ4n) is 8.79. The average molecular weight is 729 g/mol. The Morgan fingerprint density at radius 2 is 1.58 bits per heavy atom. The van der Waals surface area contributed by atoms with Gasteiger partial charge in [0.1, 0.15) is 12.1 Å². The largest absolute Gasteiger partial charge is 0.481 e. The minimum absolute atomic E-state index is 0.0650. The van der Waals surface area contributed by atoms with Crippen LogP contribution in [0.3, 0.4) is 0 Å². The van der Waals surface area contributed by atoms with Gasteiger partial charge in [-0.05, 0) is 105 Å². The molecule has 4 aliphatic rings. The van der Waals surface area contributed by atoms with Gasteiger partial charge in [-0.2, -0.15) is 0 Å². The number of aliphatic carboxylic acids is 1. The Labute approximate surface area is 309 Å². The summed E-state index contributed by atoms with van der Waals surface area (Å²) in [6, 6.07) is 13.5. The van der Waals surface area contributed by atoms with Crippen molar-refractivity contribution in [2.24, 2.45) is 23.7 Å². The van der Waals surface area contributed by atoms with Crippen LogP contribution in [-0.4, -0.2) is 71.3 Å². The van der Waals surface area contributed by atoms with Crippen molar-refractivity contribution in [3.05, 3.63) is 65.9 Å². The minimum Gasteiger partial charge on any atom is -0.481 e. The normalized spacial score (nSPS) is 22.4. The highest BCUT2D eigenvalue weighted by Crippen LogP contribution is 2.54. The monoisotopic (exact) mass is 728 g/mol. The lowest BCUT2D eigenvalue weighted by Gasteiger charge is -2.53. The van der Waals surface area contributed by atoms with E-state index in [9.17, 15) is 24.0 Å². The summed E-state index contributed by atoms with van der Waals surface area (Å²) in [5, 5.41) is 24.4. The first-order valence-electron chi connectivity index (χ1n) is 19.0. The molecule has 13 nitrogen and oxygen atoms in total. The zero-order chi connectivity index (χ0) is 37.3. The van der Waals surface area contributed by atoms with Gasteiger partial charge in [0.25, 0.3) is 0 Å². The number of fused-ring (bicyclic) bond motifs is 1. The van der Waals surface area contributed by atoms with E-state index in [2.05, 4.69) is 31.6 Å². The summed E-state index contributed by atoms with van der Waals surface area (Å²) in [5.74, 6) is 0.289. The van der Waals surface area contributed by atoms with E-state index in [1.165, 1.54) is 6.42 Å². The van der Waals surface area contributed by atoms with E-state index in [1.807, 2.05) is 61.7 Å². The Morgan fingerprint density at radius 3 is 2.32 bits per heavy atom. The number of aromatic amines is 1. The second-order valence-corrected chi connectivity index (χ2v) is 15.2. The number of nitrogens with one attached hydrogen (secondary N) is 6. The van der Waals surface area contributed by atoms with Gasteiger partial charge < -0.3 is 41.4 Å². The molecule has 0 spiro atoms. The van der Waals surface area contributed by atoms with Crippen molar-refractivity contribution < 1.29 is 33.8 Å². The third kappa shape index (κ3) is 10.3. The van der Waals surface area contributed by atoms with Crippen molar-refractivity contribution in [1.82, 2.24) is 26.3 Å². The van der Waals surface area contributed by atoms with Gasteiger partial charge in [-0.15, -0.1) is 0 Å². The smallest absolute Gasteiger partial charge is 0.408 e. The number of benzene rings is 2. The van der Waals surface area contributed by atoms with Crippen molar-refractivity contribution >= 4 is 46.5 Å². The topological polar surface area (TPSA) is 191 Å². The zero-order valence-electron chi connectivity index (χ0n) is 30.3. The number of aromatic nitrogens is 1. The van der Waals surface area contributed by atoms with Crippen molar-refractivity contribution in [2.45, 2.75) is 95.7 Å². The van der Waals surface area contributed by atoms with Crippen LogP contribution < -0.4 is 26.6 Å². The first-order chi connectivity index (χ1) is 25.6. The molecule has 2 aromatic carbocycles. The molecule has 4 fully saturated rings. The maximum absolute atomic E-state index is 13.9. The lowest BCUT2D eigenvalue weighted by Crippen LogP contribution is -2.54. The van der Waals surface area contributed by atoms with Crippen LogP contribution in [0.5, 0.6) is 0 Å². The molecule has 7 N–H and O–H groups in total. The average Bonchev–Trinajstić information content (AvgIpc) is 3.53. The van der Waals surface area contributed by atoms with Crippen LogP contribution >= 0.6 is 0 Å². The predicted molar refractivity (Wildman–Crippen MR) is 200 cm³/mol. The summed E-state index contributed by atoms with van der Waals surface area (Å²) in [5.41, 5.74) is 3.46. The van der Waals surface area contributed by atoms with Crippen LogP contribution in [0.25, 0.3) is 10.9 Å². The van der Waals surface area contributed by atoms with Crippen LogP contribution in [0.4, 0.5) is 15.3 Å². The van der Waals surface area contributed by atoms with E-state index >= 15 is 0 Å². The molecule has 0 saturated heterocycles. The van der Waals surface area contributed by atoms with E-state index in [1.54, 1.807) is 0 Å². The molecule has 13 heteroatoms. The molecule has 1 aromatic heterocycles. The van der Waals surface area contributed by atoms with Crippen LogP contribution in [0.1, 0.15) is 75.3 Å². The molecular weight excluding hydrogens is 676 g/mol. The van der Waals surface area contributed by atoms with E-state index in [-0.39, 0.29) is 37.9 Å². The van der Waals surface area contributed by atoms with Crippen molar-refractivity contribution in [2.75, 3.05) is 18.4 Å². The molecular formula is C40H52N6O7. The fraction of sp³-hybridized carbons (Fsp3) is 0.525. The van der Waals surface area contributed by atoms with Gasteiger partial charge >= 0.3 is 18.1 Å². The number of unbranched alkanes of at least 4 members (excludes halogenated alkanes) is 1. The highest BCUT2D eigenvalue weighted by molar-refractivity contribution is 5.90. The maximum Gasteiger partial charge on any atom is 0.408 e. The highest BCUT2D eigenvalue weighted by Gasteiger charge is 2.50. The summed E-state index contributed by atoms with van der Waals surface area (Å²) < 4.78 is 6.09. The number of carboxylic acid groups (broad SMARTS) is 1. The number of ether oxygens (including phenoxy) is 1. The van der Waals surface area contributed by atoms with E-state index in [0.29, 0.717) is 37.6 Å². The van der Waals surface area contributed by atoms with Crippen molar-refractivity contribution in [3.8, 4) is 0 Å². The Bertz CT molecular complexity index is 1750. The third-order valence-corrected chi connectivity index (χ3v) is 11.2. The number of carbonyl (C=O) groups excluding carboxylic acids is 4. The molecule has 0 radical (unpaired) electrons. The van der Waals surface area contributed by atoms with Gasteiger partial charge in [-0.3, -0.25) is 14.4 Å². The first kappa shape index (κ1) is 37.7. The number of hydrogen-bond donors (Lipinski definition) is 7. The van der Waals surface area contributed by atoms with Gasteiger partial charge in [0.2, 0.25) is 11.8 Å². The van der Waals surface area contributed by atoms with Crippen LogP contribution in [0.2, 0.25) is 0 Å². The molecule has 4 saturated carbocycles. The number of rotatable bonds is 17. The van der Waals surface area contributed by atoms with Gasteiger partial charge in [-0.1, -0.05) is 36.4 Å². The summed E-state index contributed by atoms with van der Waals surface area (Å²) in [7, 11) is 0. The number of amides is 5. The molecule has 53 heavy (non-hydrogen) atoms. The van der Waals surface area contributed by atoms with Crippen LogP contribution in [0.15, 0.2) is 54.7 Å². The second-order valence-electron chi connectivity index (χ2n) is 15.2. The van der Waals surface area contributed by atoms with E-state index in [0.717, 1.165) is 65.2 Å². The van der Waals surface area contributed by atoms with E-state index in [4.69, 9.17) is 9.84 Å². The van der Waals surface area contributed by atoms with Gasteiger partial charge in [0.05, 0.1) is 6.42 Å². The number of carbonyl (C=O) groups is 5. The third-order valence-electron chi connectivity index (χ3n) is 11.2. The summed E-state index contributed by atoms with van der Waals surface area (Å²) >= 11 is 0. The van der Waals surface area contributed by atoms with Crippen LogP contribution in [0, 0.1) is 30.6 Å². The molecule has 7 rings (SSSR count). The Balaban J connectivity index is 1.06. The second kappa shape index (κ2) is 17.6. The molecule has 3 aromatic rings. The van der Waals surface area contributed by atoms with Gasteiger partial charge in [0.15, 0.2) is 0 Å². The lowest BCUT2D eigenvalue weighted by atomic mass is 9.55. The van der Waals surface area contributed by atoms with Crippen molar-refractivity contribution in [1.29, 1.82) is 0 Å². The number of urea groups is 1. The molecule has 5 amide bonds. The Hall–Kier alpha value is -5.07. The predicted octanol–water partition coefficient (Wildman–Crippen LogP) is 5.40. The molecule has 0 aliphatic heterocycles. The standard InChI is InChI=1S/C40H52N6O7/c1-24-8-2-4-11-32(24)45-39(51)41-15-7-6-9-30(44-35(47)13-14-36(48)49)23-43-38(50)34(21-29-22-42-33-12-5-3-10-31(29)33)46-40(52)53-37-27-17-25-16-26(19-27)20-28(37)18-25/h2-5,8,10-12,22,25-28,30,34,37,42H,6-7,9,13-21,23H2,1H3,(H,43,50)(H,44,47)(H,46,52)(H,48,49)(H2,41,45,51). The quantitative estimate of drug-likeness (QED) is 0.0906. The summed E-state index contributed by atoms with van der Waals surface area (Å²) in [4.78, 5) is 66.7. The Morgan fingerprint density at radius 1 is 0.868 bits per heavy atom. The lowest BCUT2D eigenvalue weighted by molar-refractivity contribution is -0.138. The summed E-state index contributed by atoms with van der Waals surface area (Å²) in [6.07, 6.45) is 8.20. The fourth-order valence-corrected chi connectivity index (χ4v) is 8.79. The summed E-state index contributed by atoms with van der Waals surface area (Å²) in [6.45, 7) is 2.37. The zero-order valence-corrected chi connectivity index (χ0v) is 30.3. The number of para-hydroxylation sites is 2. The number of alkyl carbamates (subject to hydrolysis) is 1. The first-order valence-corrected chi connectivity index (χ1v) is 19.0. The highest BCUT2D eigenvalue weighted by atomic mass is 16.6. The number of H-pyrrole nitrogens is 1.